The van der Waals surface area contributed by atoms with Crippen LogP contribution in [-0.2, 0) is 4.74 Å². The van der Waals surface area contributed by atoms with Gasteiger partial charge in [-0.1, -0.05) is 17.7 Å². The smallest absolute Gasteiger partial charge is 0.323 e. The number of benzene rings is 3. The second-order valence-electron chi connectivity index (χ2n) is 7.82. The van der Waals surface area contributed by atoms with Gasteiger partial charge in [0, 0.05) is 36.6 Å². The average molecular weight is 494 g/mol. The van der Waals surface area contributed by atoms with Crippen LogP contribution in [0.1, 0.15) is 0 Å². The number of ether oxygens (including phenoxy) is 2. The third kappa shape index (κ3) is 5.59. The van der Waals surface area contributed by atoms with Crippen LogP contribution in [0.5, 0.6) is 11.5 Å². The number of hydrogen-bond acceptors (Lipinski definition) is 6. The number of carbonyl (C=O) groups excluding carboxylic acids is 1. The largest absolute Gasteiger partial charge is 0.457 e. The van der Waals surface area contributed by atoms with Gasteiger partial charge in [-0.25, -0.2) is 14.2 Å². The number of urea groups is 1. The molecular formula is C25H21ClFN5O3. The molecule has 0 unspecified atom stereocenters. The highest BCUT2D eigenvalue weighted by atomic mass is 35.5. The van der Waals surface area contributed by atoms with Gasteiger partial charge in [-0.3, -0.25) is 4.98 Å². The Morgan fingerprint density at radius 3 is 2.54 bits per heavy atom. The molecule has 0 aliphatic carbocycles. The third-order valence-electron chi connectivity index (χ3n) is 5.34. The summed E-state index contributed by atoms with van der Waals surface area (Å²) < 4.78 is 25.0. The van der Waals surface area contributed by atoms with Gasteiger partial charge in [-0.2, -0.15) is 0 Å². The van der Waals surface area contributed by atoms with E-state index < -0.39 is 11.8 Å². The second-order valence-corrected chi connectivity index (χ2v) is 8.22. The molecule has 1 aromatic heterocycles. The van der Waals surface area contributed by atoms with Gasteiger partial charge in [-0.05, 0) is 42.5 Å². The number of halogens is 2. The summed E-state index contributed by atoms with van der Waals surface area (Å²) in [5.74, 6) is 1.30. The minimum atomic E-state index is -0.614. The number of carbonyl (C=O) groups is 1. The summed E-state index contributed by atoms with van der Waals surface area (Å²) in [6.45, 7) is 2.89. The molecular weight excluding hydrogens is 473 g/mol. The van der Waals surface area contributed by atoms with Crippen LogP contribution in [0.2, 0.25) is 5.02 Å². The molecule has 0 atom stereocenters. The second kappa shape index (κ2) is 10.1. The van der Waals surface area contributed by atoms with Crippen LogP contribution in [0, 0.1) is 5.82 Å². The van der Waals surface area contributed by atoms with E-state index in [4.69, 9.17) is 26.1 Å². The van der Waals surface area contributed by atoms with Crippen molar-refractivity contribution in [3.8, 4) is 11.5 Å². The lowest BCUT2D eigenvalue weighted by Crippen LogP contribution is -2.36. The first-order valence-electron chi connectivity index (χ1n) is 10.9. The monoisotopic (exact) mass is 493 g/mol. The lowest BCUT2D eigenvalue weighted by atomic mass is 10.2. The highest BCUT2D eigenvalue weighted by Crippen LogP contribution is 2.27. The molecule has 1 aliphatic rings. The maximum atomic E-state index is 13.6. The molecule has 0 spiro atoms. The van der Waals surface area contributed by atoms with Crippen molar-refractivity contribution >= 4 is 45.9 Å². The van der Waals surface area contributed by atoms with Gasteiger partial charge >= 0.3 is 6.03 Å². The highest BCUT2D eigenvalue weighted by Gasteiger charge is 2.14. The Labute approximate surface area is 205 Å². The summed E-state index contributed by atoms with van der Waals surface area (Å²) in [5.41, 5.74) is 2.27. The van der Waals surface area contributed by atoms with Gasteiger partial charge in [0.15, 0.2) is 0 Å². The van der Waals surface area contributed by atoms with Crippen molar-refractivity contribution in [1.82, 2.24) is 9.97 Å². The zero-order valence-corrected chi connectivity index (χ0v) is 19.3. The number of anilines is 3. The van der Waals surface area contributed by atoms with Crippen LogP contribution < -0.4 is 20.3 Å². The minimum Gasteiger partial charge on any atom is -0.457 e. The van der Waals surface area contributed by atoms with Crippen molar-refractivity contribution in [3.05, 3.63) is 77.7 Å². The van der Waals surface area contributed by atoms with Gasteiger partial charge < -0.3 is 25.0 Å². The van der Waals surface area contributed by atoms with Crippen LogP contribution >= 0.6 is 11.6 Å². The molecule has 0 radical (unpaired) electrons. The molecule has 2 N–H and O–H groups in total. The molecule has 2 heterocycles. The first-order valence-corrected chi connectivity index (χ1v) is 11.3. The van der Waals surface area contributed by atoms with Crippen LogP contribution in [0.3, 0.4) is 0 Å². The molecule has 1 saturated heterocycles. The molecule has 178 valence electrons. The molecule has 0 saturated carbocycles. The van der Waals surface area contributed by atoms with Crippen molar-refractivity contribution in [2.24, 2.45) is 0 Å². The number of nitrogens with zero attached hydrogens (tertiary/aromatic N) is 3. The fourth-order valence-corrected chi connectivity index (χ4v) is 3.75. The molecule has 35 heavy (non-hydrogen) atoms. The van der Waals surface area contributed by atoms with E-state index >= 15 is 0 Å². The number of rotatable bonds is 5. The Hall–Kier alpha value is -3.95. The lowest BCUT2D eigenvalue weighted by molar-refractivity contribution is 0.122. The number of fused-ring (bicyclic) bond motifs is 1. The van der Waals surface area contributed by atoms with E-state index in [1.54, 1.807) is 30.5 Å². The van der Waals surface area contributed by atoms with E-state index in [1.165, 1.54) is 12.1 Å². The predicted molar refractivity (Wildman–Crippen MR) is 133 cm³/mol. The quantitative estimate of drug-likeness (QED) is 0.371. The van der Waals surface area contributed by atoms with Gasteiger partial charge in [0.2, 0.25) is 0 Å². The molecule has 2 amide bonds. The first kappa shape index (κ1) is 22.8. The van der Waals surface area contributed by atoms with Crippen LogP contribution in [0.25, 0.3) is 11.0 Å². The Kier molecular flexibility index (Phi) is 6.60. The van der Waals surface area contributed by atoms with Crippen molar-refractivity contribution < 1.29 is 18.7 Å². The molecule has 10 heteroatoms. The number of amides is 2. The van der Waals surface area contributed by atoms with Crippen LogP contribution in [0.15, 0.2) is 66.9 Å². The molecule has 5 rings (SSSR count). The highest BCUT2D eigenvalue weighted by molar-refractivity contribution is 6.30. The molecule has 3 aromatic carbocycles. The number of aromatic nitrogens is 2. The molecule has 8 nitrogen and oxygen atoms in total. The van der Waals surface area contributed by atoms with E-state index in [0.717, 1.165) is 36.0 Å². The predicted octanol–water partition coefficient (Wildman–Crippen LogP) is 5.70. The fraction of sp³-hybridized carbons (Fsp3) is 0.160. The molecule has 0 bridgehead atoms. The first-order chi connectivity index (χ1) is 17.0. The summed E-state index contributed by atoms with van der Waals surface area (Å²) in [6.07, 6.45) is 1.77. The van der Waals surface area contributed by atoms with Crippen molar-refractivity contribution in [2.45, 2.75) is 0 Å². The average Bonchev–Trinajstić information content (AvgIpc) is 2.86. The lowest BCUT2D eigenvalue weighted by Gasteiger charge is -2.27. The van der Waals surface area contributed by atoms with Gasteiger partial charge in [-0.15, -0.1) is 0 Å². The topological polar surface area (TPSA) is 88.6 Å². The Morgan fingerprint density at radius 2 is 1.74 bits per heavy atom. The number of morpholine rings is 1. The van der Waals surface area contributed by atoms with Gasteiger partial charge in [0.25, 0.3) is 0 Å². The molecule has 1 aliphatic heterocycles. The van der Waals surface area contributed by atoms with Gasteiger partial charge in [0.05, 0.1) is 35.5 Å². The Balaban J connectivity index is 1.27. The van der Waals surface area contributed by atoms with E-state index in [1.807, 2.05) is 18.2 Å². The molecule has 1 fully saturated rings. The zero-order chi connectivity index (χ0) is 24.2. The zero-order valence-electron chi connectivity index (χ0n) is 18.5. The summed E-state index contributed by atoms with van der Waals surface area (Å²) in [7, 11) is 0. The van der Waals surface area contributed by atoms with Crippen molar-refractivity contribution in [2.75, 3.05) is 41.8 Å². The van der Waals surface area contributed by atoms with Crippen molar-refractivity contribution in [3.63, 3.8) is 0 Å². The van der Waals surface area contributed by atoms with E-state index in [2.05, 4.69) is 20.5 Å². The van der Waals surface area contributed by atoms with Gasteiger partial charge in [0.1, 0.15) is 23.1 Å². The Morgan fingerprint density at radius 1 is 0.971 bits per heavy atom. The maximum Gasteiger partial charge on any atom is 0.323 e. The summed E-state index contributed by atoms with van der Waals surface area (Å²) >= 11 is 5.68. The summed E-state index contributed by atoms with van der Waals surface area (Å²) in [6, 6.07) is 15.9. The molecule has 4 aromatic rings. The SMILES string of the molecule is O=C(Nc1cccc(Oc2ccc3ncc(N4CCOCC4)nc3c2)c1)Nc1ccc(Cl)c(F)c1. The fourth-order valence-electron chi connectivity index (χ4n) is 3.63. The minimum absolute atomic E-state index is 0.0159. The van der Waals surface area contributed by atoms with Crippen LogP contribution in [0.4, 0.5) is 26.4 Å². The van der Waals surface area contributed by atoms with E-state index in [0.29, 0.717) is 30.4 Å². The number of nitrogens with one attached hydrogen (secondary N) is 2. The normalized spacial score (nSPS) is 13.5. The summed E-state index contributed by atoms with van der Waals surface area (Å²) in [4.78, 5) is 23.7. The van der Waals surface area contributed by atoms with E-state index in [9.17, 15) is 9.18 Å². The standard InChI is InChI=1S/C25H21ClFN5O3/c26-20-6-4-17(13-21(20)27)30-25(33)29-16-2-1-3-18(12-16)35-19-5-7-22-23(14-19)31-24(15-28-22)32-8-10-34-11-9-32/h1-7,12-15H,8-11H2,(H2,29,30,33). The summed E-state index contributed by atoms with van der Waals surface area (Å²) in [5, 5.41) is 5.25. The number of hydrogen-bond donors (Lipinski definition) is 2. The Bertz CT molecular complexity index is 1380. The maximum absolute atomic E-state index is 13.6. The van der Waals surface area contributed by atoms with E-state index in [-0.39, 0.29) is 10.7 Å². The van der Waals surface area contributed by atoms with Crippen LogP contribution in [-0.4, -0.2) is 42.3 Å². The van der Waals surface area contributed by atoms with Crippen molar-refractivity contribution in [1.29, 1.82) is 0 Å². The third-order valence-corrected chi connectivity index (χ3v) is 5.65.